The van der Waals surface area contributed by atoms with E-state index in [-0.39, 0.29) is 36.4 Å². The number of nitrogens with zero attached hydrogens (tertiary/aromatic N) is 1. The van der Waals surface area contributed by atoms with E-state index in [9.17, 15) is 14.4 Å². The lowest BCUT2D eigenvalue weighted by Crippen LogP contribution is -2.49. The van der Waals surface area contributed by atoms with Gasteiger partial charge in [0.05, 0.1) is 11.7 Å². The average molecular weight is 378 g/mol. The molecule has 7 nitrogen and oxygen atoms in total. The third-order valence-corrected chi connectivity index (χ3v) is 5.00. The molecule has 1 aromatic heterocycles. The molecule has 1 fully saturated rings. The van der Waals surface area contributed by atoms with Crippen LogP contribution in [0.25, 0.3) is 0 Å². The van der Waals surface area contributed by atoms with Crippen molar-refractivity contribution < 1.29 is 23.9 Å². The van der Waals surface area contributed by atoms with Gasteiger partial charge in [-0.1, -0.05) is 0 Å². The van der Waals surface area contributed by atoms with Gasteiger partial charge in [-0.2, -0.15) is 0 Å². The molecule has 0 unspecified atom stereocenters. The Hall–Kier alpha value is -2.31. The standard InChI is InChI=1S/C20H30N2O5/c1-11(2)27-19(24)17-14(5)18(21-15(17)6)20(25)26-10-16(23)22-12(3)8-7-9-13(22)4/h11-13,21H,7-10H2,1-6H3/t12-,13+. The van der Waals surface area contributed by atoms with Crippen LogP contribution in [0.5, 0.6) is 0 Å². The lowest BCUT2D eigenvalue weighted by atomic mass is 9.97. The van der Waals surface area contributed by atoms with E-state index in [1.807, 2.05) is 13.8 Å². The number of carbonyl (C=O) groups excluding carboxylic acids is 3. The van der Waals surface area contributed by atoms with Crippen molar-refractivity contribution in [3.63, 3.8) is 0 Å². The second-order valence-corrected chi connectivity index (χ2v) is 7.59. The Morgan fingerprint density at radius 3 is 2.26 bits per heavy atom. The zero-order valence-corrected chi connectivity index (χ0v) is 17.0. The monoisotopic (exact) mass is 378 g/mol. The number of hydrogen-bond donors (Lipinski definition) is 1. The molecule has 0 spiro atoms. The zero-order valence-electron chi connectivity index (χ0n) is 17.0. The minimum Gasteiger partial charge on any atom is -0.459 e. The number of amides is 1. The van der Waals surface area contributed by atoms with Crippen molar-refractivity contribution in [3.8, 4) is 0 Å². The lowest BCUT2D eigenvalue weighted by molar-refractivity contribution is -0.140. The van der Waals surface area contributed by atoms with Gasteiger partial charge in [0.25, 0.3) is 5.91 Å². The Labute approximate surface area is 160 Å². The first kappa shape index (κ1) is 21.0. The van der Waals surface area contributed by atoms with Crippen LogP contribution in [0.2, 0.25) is 0 Å². The highest BCUT2D eigenvalue weighted by atomic mass is 16.5. The number of aryl methyl sites for hydroxylation is 1. The molecule has 1 N–H and O–H groups in total. The number of ether oxygens (including phenoxy) is 2. The Balaban J connectivity index is 2.06. The SMILES string of the molecule is Cc1[nH]c(C(=O)OCC(=O)N2[C@H](C)CCC[C@@H]2C)c(C)c1C(=O)OC(C)C. The summed E-state index contributed by atoms with van der Waals surface area (Å²) in [5.74, 6) is -1.32. The van der Waals surface area contributed by atoms with Gasteiger partial charge in [-0.05, 0) is 66.4 Å². The number of piperidine rings is 1. The summed E-state index contributed by atoms with van der Waals surface area (Å²) in [5.41, 5.74) is 1.51. The first-order valence-electron chi connectivity index (χ1n) is 9.51. The second kappa shape index (κ2) is 8.59. The van der Waals surface area contributed by atoms with Crippen molar-refractivity contribution in [2.45, 2.75) is 79.0 Å². The smallest absolute Gasteiger partial charge is 0.355 e. The Kier molecular flexibility index (Phi) is 6.68. The molecule has 27 heavy (non-hydrogen) atoms. The van der Waals surface area contributed by atoms with E-state index in [1.54, 1.807) is 32.6 Å². The Bertz CT molecular complexity index is 712. The summed E-state index contributed by atoms with van der Waals surface area (Å²) in [6, 6.07) is 0.290. The molecule has 0 bridgehead atoms. The lowest BCUT2D eigenvalue weighted by Gasteiger charge is -2.38. The number of esters is 2. The topological polar surface area (TPSA) is 88.7 Å². The number of nitrogens with one attached hydrogen (secondary N) is 1. The fraction of sp³-hybridized carbons (Fsp3) is 0.650. The fourth-order valence-electron chi connectivity index (χ4n) is 3.72. The van der Waals surface area contributed by atoms with Crippen molar-refractivity contribution in [1.82, 2.24) is 9.88 Å². The van der Waals surface area contributed by atoms with Crippen molar-refractivity contribution in [2.75, 3.05) is 6.61 Å². The molecule has 1 aliphatic rings. The average Bonchev–Trinajstić information content (AvgIpc) is 2.86. The zero-order chi connectivity index (χ0) is 20.3. The van der Waals surface area contributed by atoms with E-state index in [2.05, 4.69) is 4.98 Å². The number of rotatable bonds is 5. The van der Waals surface area contributed by atoms with Crippen LogP contribution in [0.4, 0.5) is 0 Å². The molecule has 0 aromatic carbocycles. The number of likely N-dealkylation sites (tertiary alicyclic amines) is 1. The molecule has 1 saturated heterocycles. The van der Waals surface area contributed by atoms with Gasteiger partial charge in [0.15, 0.2) is 6.61 Å². The van der Waals surface area contributed by atoms with Crippen LogP contribution in [0.3, 0.4) is 0 Å². The van der Waals surface area contributed by atoms with Gasteiger partial charge in [-0.15, -0.1) is 0 Å². The van der Waals surface area contributed by atoms with Crippen LogP contribution in [0, 0.1) is 13.8 Å². The summed E-state index contributed by atoms with van der Waals surface area (Å²) in [6.45, 7) is 10.6. The molecule has 0 saturated carbocycles. The van der Waals surface area contributed by atoms with Gasteiger partial charge in [-0.3, -0.25) is 4.79 Å². The Morgan fingerprint density at radius 2 is 1.70 bits per heavy atom. The van der Waals surface area contributed by atoms with Crippen LogP contribution in [-0.4, -0.2) is 52.5 Å². The number of hydrogen-bond acceptors (Lipinski definition) is 5. The molecule has 2 atom stereocenters. The van der Waals surface area contributed by atoms with E-state index in [0.717, 1.165) is 19.3 Å². The van der Waals surface area contributed by atoms with E-state index in [0.29, 0.717) is 16.8 Å². The first-order valence-corrected chi connectivity index (χ1v) is 9.51. The van der Waals surface area contributed by atoms with Crippen LogP contribution < -0.4 is 0 Å². The highest BCUT2D eigenvalue weighted by Gasteiger charge is 2.30. The van der Waals surface area contributed by atoms with Crippen LogP contribution in [0.15, 0.2) is 0 Å². The maximum absolute atomic E-state index is 12.5. The number of aromatic amines is 1. The van der Waals surface area contributed by atoms with Crippen LogP contribution in [0.1, 0.15) is 79.1 Å². The molecule has 2 heterocycles. The van der Waals surface area contributed by atoms with Crippen molar-refractivity contribution in [3.05, 3.63) is 22.5 Å². The molecule has 1 aliphatic heterocycles. The summed E-state index contributed by atoms with van der Waals surface area (Å²) in [4.78, 5) is 41.9. The Morgan fingerprint density at radius 1 is 1.11 bits per heavy atom. The summed E-state index contributed by atoms with van der Waals surface area (Å²) >= 11 is 0. The predicted molar refractivity (Wildman–Crippen MR) is 101 cm³/mol. The van der Waals surface area contributed by atoms with E-state index >= 15 is 0 Å². The van der Waals surface area contributed by atoms with Gasteiger partial charge in [0, 0.05) is 17.8 Å². The highest BCUT2D eigenvalue weighted by Crippen LogP contribution is 2.23. The van der Waals surface area contributed by atoms with Gasteiger partial charge in [0.2, 0.25) is 0 Å². The van der Waals surface area contributed by atoms with Crippen molar-refractivity contribution in [2.24, 2.45) is 0 Å². The molecule has 2 rings (SSSR count). The van der Waals surface area contributed by atoms with E-state index < -0.39 is 11.9 Å². The molecule has 150 valence electrons. The molecule has 1 amide bonds. The summed E-state index contributed by atoms with van der Waals surface area (Å²) in [6.07, 6.45) is 2.76. The van der Waals surface area contributed by atoms with E-state index in [4.69, 9.17) is 9.47 Å². The van der Waals surface area contributed by atoms with Crippen molar-refractivity contribution >= 4 is 17.8 Å². The molecule has 1 aromatic rings. The third-order valence-electron chi connectivity index (χ3n) is 5.00. The molecular weight excluding hydrogens is 348 g/mol. The van der Waals surface area contributed by atoms with Crippen molar-refractivity contribution in [1.29, 1.82) is 0 Å². The largest absolute Gasteiger partial charge is 0.459 e. The minimum atomic E-state index is -0.648. The number of carbonyl (C=O) groups is 3. The summed E-state index contributed by atoms with van der Waals surface area (Å²) < 4.78 is 10.5. The molecule has 0 radical (unpaired) electrons. The van der Waals surface area contributed by atoms with Crippen LogP contribution in [-0.2, 0) is 14.3 Å². The van der Waals surface area contributed by atoms with E-state index in [1.165, 1.54) is 0 Å². The van der Waals surface area contributed by atoms with Gasteiger partial charge in [0.1, 0.15) is 5.69 Å². The summed E-state index contributed by atoms with van der Waals surface area (Å²) in [7, 11) is 0. The maximum Gasteiger partial charge on any atom is 0.355 e. The molecular formula is C20H30N2O5. The van der Waals surface area contributed by atoms with Gasteiger partial charge in [-0.25, -0.2) is 9.59 Å². The third kappa shape index (κ3) is 4.70. The molecule has 0 aliphatic carbocycles. The molecule has 7 heteroatoms. The summed E-state index contributed by atoms with van der Waals surface area (Å²) in [5, 5.41) is 0. The predicted octanol–water partition coefficient (Wildman–Crippen LogP) is 3.14. The fourth-order valence-corrected chi connectivity index (χ4v) is 3.72. The number of H-pyrrole nitrogens is 1. The second-order valence-electron chi connectivity index (χ2n) is 7.59. The number of aromatic nitrogens is 1. The van der Waals surface area contributed by atoms with Gasteiger partial charge < -0.3 is 19.4 Å². The van der Waals surface area contributed by atoms with Gasteiger partial charge >= 0.3 is 11.9 Å². The quantitative estimate of drug-likeness (QED) is 0.795. The normalized spacial score (nSPS) is 19.9. The van der Waals surface area contributed by atoms with Crippen LogP contribution >= 0.6 is 0 Å². The first-order chi connectivity index (χ1) is 12.6. The highest BCUT2D eigenvalue weighted by molar-refractivity contribution is 5.99. The maximum atomic E-state index is 12.5. The minimum absolute atomic E-state index is 0.145.